The predicted octanol–water partition coefficient (Wildman–Crippen LogP) is 4.27. The normalized spacial score (nSPS) is 13.5. The largest absolute Gasteiger partial charge is 0.326 e. The summed E-state index contributed by atoms with van der Waals surface area (Å²) in [6.07, 6.45) is 0. The molecular weight excluding hydrogens is 258 g/mol. The molecule has 1 atom stereocenters. The Hall–Kier alpha value is -1.16. The maximum absolute atomic E-state index is 13.3. The van der Waals surface area contributed by atoms with E-state index >= 15 is 0 Å². The number of aromatic nitrogens is 2. The Morgan fingerprint density at radius 3 is 2.39 bits per heavy atom. The number of hydrogen-bond acceptors (Lipinski definition) is 1. The van der Waals surface area contributed by atoms with Gasteiger partial charge in [-0.05, 0) is 12.8 Å². The molecular formula is C13H15ClF2N2. The molecule has 0 spiro atoms. The van der Waals surface area contributed by atoms with Crippen LogP contribution in [0.1, 0.15) is 32.0 Å². The lowest BCUT2D eigenvalue weighted by atomic mass is 10.2. The molecule has 0 aliphatic heterocycles. The third-order valence-electron chi connectivity index (χ3n) is 2.72. The van der Waals surface area contributed by atoms with Crippen molar-refractivity contribution in [2.24, 2.45) is 5.92 Å². The molecule has 1 unspecified atom stereocenters. The number of rotatable bonds is 3. The van der Waals surface area contributed by atoms with Crippen LogP contribution in [-0.2, 0) is 6.54 Å². The fraction of sp³-hybridized carbons (Fsp3) is 0.462. The Morgan fingerprint density at radius 2 is 1.83 bits per heavy atom. The first-order chi connectivity index (χ1) is 8.40. The van der Waals surface area contributed by atoms with E-state index in [1.54, 1.807) is 6.92 Å². The summed E-state index contributed by atoms with van der Waals surface area (Å²) < 4.78 is 28.4. The van der Waals surface area contributed by atoms with Crippen molar-refractivity contribution in [3.05, 3.63) is 29.6 Å². The van der Waals surface area contributed by atoms with E-state index in [0.29, 0.717) is 29.3 Å². The van der Waals surface area contributed by atoms with Gasteiger partial charge in [0.2, 0.25) is 0 Å². The molecule has 0 saturated carbocycles. The van der Waals surface area contributed by atoms with Crippen molar-refractivity contribution >= 4 is 22.6 Å². The standard InChI is InChI=1S/C13H15ClF2N2/c1-7(2)6-18-12-5-10(16)9(15)4-11(12)17-13(18)8(3)14/h4-5,7-8H,6H2,1-3H3. The molecule has 2 aromatic rings. The van der Waals surface area contributed by atoms with E-state index in [0.717, 1.165) is 6.07 Å². The third-order valence-corrected chi connectivity index (χ3v) is 2.92. The zero-order valence-electron chi connectivity index (χ0n) is 10.5. The third kappa shape index (κ3) is 2.34. The first-order valence-electron chi connectivity index (χ1n) is 5.89. The van der Waals surface area contributed by atoms with Crippen LogP contribution in [0.3, 0.4) is 0 Å². The summed E-state index contributed by atoms with van der Waals surface area (Å²) in [7, 11) is 0. The number of alkyl halides is 1. The molecule has 1 heterocycles. The average Bonchev–Trinajstić information content (AvgIpc) is 2.57. The Balaban J connectivity index is 2.68. The predicted molar refractivity (Wildman–Crippen MR) is 68.8 cm³/mol. The van der Waals surface area contributed by atoms with Crippen molar-refractivity contribution < 1.29 is 8.78 Å². The highest BCUT2D eigenvalue weighted by molar-refractivity contribution is 6.20. The van der Waals surface area contributed by atoms with Gasteiger partial charge < -0.3 is 4.57 Å². The van der Waals surface area contributed by atoms with Crippen LogP contribution in [-0.4, -0.2) is 9.55 Å². The van der Waals surface area contributed by atoms with E-state index in [2.05, 4.69) is 4.98 Å². The lowest BCUT2D eigenvalue weighted by Crippen LogP contribution is -2.09. The molecule has 0 fully saturated rings. The van der Waals surface area contributed by atoms with E-state index in [1.807, 2.05) is 18.4 Å². The fourth-order valence-electron chi connectivity index (χ4n) is 2.00. The summed E-state index contributed by atoms with van der Waals surface area (Å²) in [4.78, 5) is 4.29. The van der Waals surface area contributed by atoms with Crippen LogP contribution >= 0.6 is 11.6 Å². The highest BCUT2D eigenvalue weighted by Gasteiger charge is 2.17. The molecule has 0 saturated heterocycles. The summed E-state index contributed by atoms with van der Waals surface area (Å²) >= 11 is 6.07. The minimum atomic E-state index is -0.884. The second-order valence-corrected chi connectivity index (χ2v) is 5.50. The topological polar surface area (TPSA) is 17.8 Å². The number of benzene rings is 1. The van der Waals surface area contributed by atoms with Crippen LogP contribution < -0.4 is 0 Å². The van der Waals surface area contributed by atoms with E-state index in [1.165, 1.54) is 6.07 Å². The van der Waals surface area contributed by atoms with Crippen LogP contribution in [0.5, 0.6) is 0 Å². The zero-order valence-corrected chi connectivity index (χ0v) is 11.3. The minimum Gasteiger partial charge on any atom is -0.326 e. The number of fused-ring (bicyclic) bond motifs is 1. The highest BCUT2D eigenvalue weighted by atomic mass is 35.5. The van der Waals surface area contributed by atoms with Crippen molar-refractivity contribution in [3.8, 4) is 0 Å². The summed E-state index contributed by atoms with van der Waals surface area (Å²) in [6, 6.07) is 2.30. The van der Waals surface area contributed by atoms with Gasteiger partial charge >= 0.3 is 0 Å². The van der Waals surface area contributed by atoms with Gasteiger partial charge in [0.05, 0.1) is 16.4 Å². The minimum absolute atomic E-state index is 0.303. The average molecular weight is 273 g/mol. The van der Waals surface area contributed by atoms with E-state index in [9.17, 15) is 8.78 Å². The Bertz CT molecular complexity index is 576. The molecule has 2 nitrogen and oxygen atoms in total. The van der Waals surface area contributed by atoms with Gasteiger partial charge in [-0.15, -0.1) is 11.6 Å². The van der Waals surface area contributed by atoms with Crippen LogP contribution in [0.25, 0.3) is 11.0 Å². The lowest BCUT2D eigenvalue weighted by Gasteiger charge is -2.12. The van der Waals surface area contributed by atoms with Gasteiger partial charge in [-0.25, -0.2) is 13.8 Å². The van der Waals surface area contributed by atoms with Crippen LogP contribution in [0, 0.1) is 17.6 Å². The number of imidazole rings is 1. The smallest absolute Gasteiger partial charge is 0.161 e. The Morgan fingerprint density at radius 1 is 1.22 bits per heavy atom. The van der Waals surface area contributed by atoms with E-state index in [4.69, 9.17) is 11.6 Å². The number of hydrogen-bond donors (Lipinski definition) is 0. The van der Waals surface area contributed by atoms with E-state index in [-0.39, 0.29) is 5.38 Å². The summed E-state index contributed by atoms with van der Waals surface area (Å²) in [6.45, 7) is 6.57. The van der Waals surface area contributed by atoms with Gasteiger partial charge in [0.15, 0.2) is 11.6 Å². The molecule has 2 rings (SSSR count). The Labute approximate surface area is 110 Å². The van der Waals surface area contributed by atoms with Crippen LogP contribution in [0.15, 0.2) is 12.1 Å². The summed E-state index contributed by atoms with van der Waals surface area (Å²) in [5.41, 5.74) is 1.03. The molecule has 5 heteroatoms. The van der Waals surface area contributed by atoms with Gasteiger partial charge in [-0.3, -0.25) is 0 Å². The van der Waals surface area contributed by atoms with Crippen molar-refractivity contribution in [1.82, 2.24) is 9.55 Å². The zero-order chi connectivity index (χ0) is 13.4. The number of halogens is 3. The van der Waals surface area contributed by atoms with E-state index < -0.39 is 11.6 Å². The van der Waals surface area contributed by atoms with Gasteiger partial charge in [-0.1, -0.05) is 13.8 Å². The van der Waals surface area contributed by atoms with Crippen molar-refractivity contribution in [2.45, 2.75) is 32.7 Å². The molecule has 0 aliphatic rings. The van der Waals surface area contributed by atoms with Gasteiger partial charge in [0.25, 0.3) is 0 Å². The molecule has 1 aromatic heterocycles. The molecule has 0 amide bonds. The van der Waals surface area contributed by atoms with Gasteiger partial charge in [-0.2, -0.15) is 0 Å². The maximum Gasteiger partial charge on any atom is 0.161 e. The molecule has 0 aliphatic carbocycles. The second kappa shape index (κ2) is 4.84. The Kier molecular flexibility index (Phi) is 3.57. The van der Waals surface area contributed by atoms with Crippen LogP contribution in [0.2, 0.25) is 0 Å². The monoisotopic (exact) mass is 272 g/mol. The lowest BCUT2D eigenvalue weighted by molar-refractivity contribution is 0.504. The molecule has 98 valence electrons. The quantitative estimate of drug-likeness (QED) is 0.763. The van der Waals surface area contributed by atoms with Gasteiger partial charge in [0.1, 0.15) is 5.82 Å². The van der Waals surface area contributed by atoms with Crippen molar-refractivity contribution in [1.29, 1.82) is 0 Å². The molecule has 0 bridgehead atoms. The van der Waals surface area contributed by atoms with Crippen molar-refractivity contribution in [2.75, 3.05) is 0 Å². The highest BCUT2D eigenvalue weighted by Crippen LogP contribution is 2.27. The molecule has 0 N–H and O–H groups in total. The fourth-order valence-corrected chi connectivity index (χ4v) is 2.17. The SMILES string of the molecule is CC(C)Cn1c(C(C)Cl)nc2cc(F)c(F)cc21. The first-order valence-corrected chi connectivity index (χ1v) is 6.33. The van der Waals surface area contributed by atoms with Crippen LogP contribution in [0.4, 0.5) is 8.78 Å². The second-order valence-electron chi connectivity index (χ2n) is 4.85. The maximum atomic E-state index is 13.3. The first kappa shape index (κ1) is 13.3. The number of nitrogens with zero attached hydrogens (tertiary/aromatic N) is 2. The summed E-state index contributed by atoms with van der Waals surface area (Å²) in [5.74, 6) is -0.735. The molecule has 0 radical (unpaired) electrons. The summed E-state index contributed by atoms with van der Waals surface area (Å²) in [5, 5.41) is -0.303. The molecule has 1 aromatic carbocycles. The van der Waals surface area contributed by atoms with Crippen molar-refractivity contribution in [3.63, 3.8) is 0 Å². The molecule has 18 heavy (non-hydrogen) atoms. The van der Waals surface area contributed by atoms with Gasteiger partial charge in [0, 0.05) is 18.7 Å².